The zero-order valence-electron chi connectivity index (χ0n) is 13.7. The summed E-state index contributed by atoms with van der Waals surface area (Å²) in [5.41, 5.74) is 2.39. The number of rotatable bonds is 6. The lowest BCUT2D eigenvalue weighted by molar-refractivity contribution is -0.0982. The van der Waals surface area contributed by atoms with Gasteiger partial charge in [0.15, 0.2) is 6.10 Å². The van der Waals surface area contributed by atoms with Crippen LogP contribution in [0, 0.1) is 11.3 Å². The second-order valence-corrected chi connectivity index (χ2v) is 6.06. The van der Waals surface area contributed by atoms with Crippen LogP contribution in [-0.4, -0.2) is 36.8 Å². The molecule has 1 fully saturated rings. The van der Waals surface area contributed by atoms with Gasteiger partial charge in [0.25, 0.3) is 0 Å². The first-order chi connectivity index (χ1) is 11.8. The van der Waals surface area contributed by atoms with Crippen molar-refractivity contribution in [3.8, 4) is 6.07 Å². The van der Waals surface area contributed by atoms with Gasteiger partial charge in [0, 0.05) is 19.6 Å². The number of benzene rings is 2. The van der Waals surface area contributed by atoms with E-state index in [1.807, 2.05) is 48.5 Å². The molecule has 0 spiro atoms. The van der Waals surface area contributed by atoms with Gasteiger partial charge < -0.3 is 9.47 Å². The molecule has 2 unspecified atom stereocenters. The molecule has 1 aliphatic heterocycles. The SMILES string of the molecule is N#CC1CN(Cc2ccccc2)CC(COCc2ccccc2)O1. The number of nitrogens with zero attached hydrogens (tertiary/aromatic N) is 2. The van der Waals surface area contributed by atoms with E-state index in [4.69, 9.17) is 9.47 Å². The minimum Gasteiger partial charge on any atom is -0.374 e. The Balaban J connectivity index is 1.52. The molecule has 0 saturated carbocycles. The molecule has 0 bridgehead atoms. The molecule has 0 N–H and O–H groups in total. The number of hydrogen-bond acceptors (Lipinski definition) is 4. The second-order valence-electron chi connectivity index (χ2n) is 6.06. The predicted molar refractivity (Wildman–Crippen MR) is 92.1 cm³/mol. The summed E-state index contributed by atoms with van der Waals surface area (Å²) < 4.78 is 11.6. The van der Waals surface area contributed by atoms with E-state index in [9.17, 15) is 5.26 Å². The van der Waals surface area contributed by atoms with Crippen molar-refractivity contribution in [2.45, 2.75) is 25.4 Å². The zero-order chi connectivity index (χ0) is 16.6. The Labute approximate surface area is 143 Å². The highest BCUT2D eigenvalue weighted by Crippen LogP contribution is 2.15. The van der Waals surface area contributed by atoms with Gasteiger partial charge in [0.1, 0.15) is 0 Å². The third-order valence-corrected chi connectivity index (χ3v) is 4.05. The van der Waals surface area contributed by atoms with Crippen LogP contribution in [0.5, 0.6) is 0 Å². The molecule has 4 nitrogen and oxygen atoms in total. The summed E-state index contributed by atoms with van der Waals surface area (Å²) >= 11 is 0. The van der Waals surface area contributed by atoms with E-state index in [0.29, 0.717) is 19.8 Å². The fourth-order valence-corrected chi connectivity index (χ4v) is 2.93. The normalized spacial score (nSPS) is 21.3. The van der Waals surface area contributed by atoms with Crippen LogP contribution in [0.25, 0.3) is 0 Å². The molecule has 1 aliphatic rings. The van der Waals surface area contributed by atoms with Gasteiger partial charge in [-0.3, -0.25) is 4.90 Å². The standard InChI is InChI=1S/C20H22N2O2/c21-11-19-13-22(12-17-7-3-1-4-8-17)14-20(24-19)16-23-15-18-9-5-2-6-10-18/h1-10,19-20H,12-16H2. The molecule has 2 aromatic rings. The Hall–Kier alpha value is -2.19. The van der Waals surface area contributed by atoms with Crippen molar-refractivity contribution in [3.63, 3.8) is 0 Å². The largest absolute Gasteiger partial charge is 0.374 e. The quantitative estimate of drug-likeness (QED) is 0.820. The maximum Gasteiger partial charge on any atom is 0.157 e. The van der Waals surface area contributed by atoms with Gasteiger partial charge in [0.2, 0.25) is 0 Å². The molecule has 0 aliphatic carbocycles. The van der Waals surface area contributed by atoms with Gasteiger partial charge >= 0.3 is 0 Å². The highest BCUT2D eigenvalue weighted by atomic mass is 16.5. The Morgan fingerprint density at radius 3 is 2.33 bits per heavy atom. The summed E-state index contributed by atoms with van der Waals surface area (Å²) in [4.78, 5) is 2.27. The lowest BCUT2D eigenvalue weighted by Gasteiger charge is -2.35. The number of hydrogen-bond donors (Lipinski definition) is 0. The third kappa shape index (κ3) is 4.90. The van der Waals surface area contributed by atoms with Crippen LogP contribution in [0.15, 0.2) is 60.7 Å². The predicted octanol–water partition coefficient (Wildman–Crippen LogP) is 3.00. The number of morpholine rings is 1. The smallest absolute Gasteiger partial charge is 0.157 e. The summed E-state index contributed by atoms with van der Waals surface area (Å²) in [6, 6.07) is 22.6. The van der Waals surface area contributed by atoms with Crippen molar-refractivity contribution in [1.29, 1.82) is 5.26 Å². The molecule has 3 rings (SSSR count). The van der Waals surface area contributed by atoms with Crippen LogP contribution < -0.4 is 0 Å². The van der Waals surface area contributed by atoms with Gasteiger partial charge in [-0.05, 0) is 11.1 Å². The van der Waals surface area contributed by atoms with Crippen LogP contribution in [0.1, 0.15) is 11.1 Å². The van der Waals surface area contributed by atoms with Gasteiger partial charge in [-0.1, -0.05) is 60.7 Å². The summed E-state index contributed by atoms with van der Waals surface area (Å²) in [5.74, 6) is 0. The Morgan fingerprint density at radius 2 is 1.67 bits per heavy atom. The van der Waals surface area contributed by atoms with E-state index < -0.39 is 6.10 Å². The highest BCUT2D eigenvalue weighted by Gasteiger charge is 2.27. The van der Waals surface area contributed by atoms with Crippen molar-refractivity contribution in [2.24, 2.45) is 0 Å². The first-order valence-electron chi connectivity index (χ1n) is 8.26. The van der Waals surface area contributed by atoms with Crippen molar-refractivity contribution in [1.82, 2.24) is 4.90 Å². The van der Waals surface area contributed by atoms with Crippen molar-refractivity contribution in [2.75, 3.05) is 19.7 Å². The molecular weight excluding hydrogens is 300 g/mol. The van der Waals surface area contributed by atoms with Crippen LogP contribution in [-0.2, 0) is 22.6 Å². The van der Waals surface area contributed by atoms with Crippen molar-refractivity contribution >= 4 is 0 Å². The molecule has 0 amide bonds. The Morgan fingerprint density at radius 1 is 1.00 bits per heavy atom. The van der Waals surface area contributed by atoms with Crippen LogP contribution in [0.2, 0.25) is 0 Å². The Kier molecular flexibility index (Phi) is 5.97. The molecule has 124 valence electrons. The van der Waals surface area contributed by atoms with Gasteiger partial charge in [-0.15, -0.1) is 0 Å². The molecule has 0 radical (unpaired) electrons. The maximum absolute atomic E-state index is 9.25. The molecule has 24 heavy (non-hydrogen) atoms. The van der Waals surface area contributed by atoms with Crippen LogP contribution >= 0.6 is 0 Å². The van der Waals surface area contributed by atoms with E-state index in [-0.39, 0.29) is 6.10 Å². The molecule has 2 aromatic carbocycles. The van der Waals surface area contributed by atoms with Crippen LogP contribution in [0.3, 0.4) is 0 Å². The molecule has 1 saturated heterocycles. The fraction of sp³-hybridized carbons (Fsp3) is 0.350. The third-order valence-electron chi connectivity index (χ3n) is 4.05. The minimum absolute atomic E-state index is 0.0733. The van der Waals surface area contributed by atoms with E-state index in [0.717, 1.165) is 18.7 Å². The maximum atomic E-state index is 9.25. The average molecular weight is 322 g/mol. The monoisotopic (exact) mass is 322 g/mol. The zero-order valence-corrected chi connectivity index (χ0v) is 13.7. The second kappa shape index (κ2) is 8.60. The van der Waals surface area contributed by atoms with Crippen LogP contribution in [0.4, 0.5) is 0 Å². The van der Waals surface area contributed by atoms with E-state index in [1.54, 1.807) is 0 Å². The molecule has 2 atom stereocenters. The Bertz CT molecular complexity index is 654. The number of ether oxygens (including phenoxy) is 2. The molecular formula is C20H22N2O2. The molecule has 4 heteroatoms. The van der Waals surface area contributed by atoms with Gasteiger partial charge in [-0.25, -0.2) is 0 Å². The molecule has 1 heterocycles. The van der Waals surface area contributed by atoms with E-state index >= 15 is 0 Å². The first-order valence-corrected chi connectivity index (χ1v) is 8.26. The lowest BCUT2D eigenvalue weighted by atomic mass is 10.1. The van der Waals surface area contributed by atoms with Gasteiger partial charge in [0.05, 0.1) is 25.4 Å². The fourth-order valence-electron chi connectivity index (χ4n) is 2.93. The first kappa shape index (κ1) is 16.7. The van der Waals surface area contributed by atoms with Crippen molar-refractivity contribution in [3.05, 3.63) is 71.8 Å². The average Bonchev–Trinajstić information content (AvgIpc) is 2.63. The highest BCUT2D eigenvalue weighted by molar-refractivity contribution is 5.15. The topological polar surface area (TPSA) is 45.5 Å². The minimum atomic E-state index is -0.396. The summed E-state index contributed by atoms with van der Waals surface area (Å²) in [7, 11) is 0. The van der Waals surface area contributed by atoms with E-state index in [1.165, 1.54) is 5.56 Å². The lowest BCUT2D eigenvalue weighted by Crippen LogP contribution is -2.48. The van der Waals surface area contributed by atoms with Gasteiger partial charge in [-0.2, -0.15) is 5.26 Å². The number of nitriles is 1. The summed E-state index contributed by atoms with van der Waals surface area (Å²) in [6.45, 7) is 3.31. The summed E-state index contributed by atoms with van der Waals surface area (Å²) in [6.07, 6.45) is -0.469. The van der Waals surface area contributed by atoms with E-state index in [2.05, 4.69) is 23.1 Å². The van der Waals surface area contributed by atoms with Crippen molar-refractivity contribution < 1.29 is 9.47 Å². The molecule has 0 aromatic heterocycles. The summed E-state index contributed by atoms with van der Waals surface area (Å²) in [5, 5.41) is 9.25.